The van der Waals surface area contributed by atoms with Gasteiger partial charge in [-0.2, -0.15) is 0 Å². The molecule has 7 heteroatoms. The van der Waals surface area contributed by atoms with Crippen molar-refractivity contribution < 1.29 is 9.59 Å². The van der Waals surface area contributed by atoms with Crippen molar-refractivity contribution in [2.75, 3.05) is 51.1 Å². The highest BCUT2D eigenvalue weighted by molar-refractivity contribution is 6.31. The standard InChI is InChI=1S/C21H31ClN4O2/c1-16-6-7-18(13-19(16)22)23-20(27)14-24-9-11-25(12-10-24)15-21(28)26-8-4-3-5-17(26)2/h6-7,13,17H,3-5,8-12,14-15H2,1-2H3,(H,23,27)/t17-/m1/s1. The van der Waals surface area contributed by atoms with E-state index in [4.69, 9.17) is 11.6 Å². The molecule has 2 heterocycles. The summed E-state index contributed by atoms with van der Waals surface area (Å²) in [5.74, 6) is 0.209. The number of anilines is 1. The molecule has 2 aliphatic rings. The van der Waals surface area contributed by atoms with Crippen LogP contribution in [0.15, 0.2) is 18.2 Å². The molecule has 3 rings (SSSR count). The number of nitrogens with zero attached hydrogens (tertiary/aromatic N) is 3. The Morgan fingerprint density at radius 2 is 1.75 bits per heavy atom. The van der Waals surface area contributed by atoms with Gasteiger partial charge in [-0.05, 0) is 50.8 Å². The number of carbonyl (C=O) groups is 2. The number of hydrogen-bond acceptors (Lipinski definition) is 4. The van der Waals surface area contributed by atoms with E-state index in [2.05, 4.69) is 22.0 Å². The highest BCUT2D eigenvalue weighted by Gasteiger charge is 2.26. The summed E-state index contributed by atoms with van der Waals surface area (Å²) in [4.78, 5) is 31.3. The summed E-state index contributed by atoms with van der Waals surface area (Å²) in [5, 5.41) is 3.56. The smallest absolute Gasteiger partial charge is 0.238 e. The molecular weight excluding hydrogens is 376 g/mol. The second kappa shape index (κ2) is 9.72. The lowest BCUT2D eigenvalue weighted by molar-refractivity contribution is -0.136. The molecule has 1 aromatic rings. The molecule has 2 saturated heterocycles. The van der Waals surface area contributed by atoms with E-state index in [-0.39, 0.29) is 11.8 Å². The number of halogens is 1. The van der Waals surface area contributed by atoms with Crippen LogP contribution in [0.3, 0.4) is 0 Å². The van der Waals surface area contributed by atoms with E-state index in [1.165, 1.54) is 6.42 Å². The highest BCUT2D eigenvalue weighted by Crippen LogP contribution is 2.20. The third-order valence-corrected chi connectivity index (χ3v) is 6.18. The first-order valence-corrected chi connectivity index (χ1v) is 10.6. The minimum atomic E-state index is -0.0356. The zero-order valence-corrected chi connectivity index (χ0v) is 17.7. The number of piperidine rings is 1. The Labute approximate surface area is 172 Å². The summed E-state index contributed by atoms with van der Waals surface area (Å²) in [5.41, 5.74) is 1.71. The lowest BCUT2D eigenvalue weighted by Crippen LogP contribution is -2.53. The van der Waals surface area contributed by atoms with Gasteiger partial charge in [-0.15, -0.1) is 0 Å². The van der Waals surface area contributed by atoms with E-state index in [1.54, 1.807) is 6.07 Å². The molecule has 154 valence electrons. The second-order valence-electron chi connectivity index (χ2n) is 8.00. The normalized spacial score (nSPS) is 21.5. The number of likely N-dealkylation sites (tertiary alicyclic amines) is 1. The van der Waals surface area contributed by atoms with Gasteiger partial charge in [-0.1, -0.05) is 17.7 Å². The van der Waals surface area contributed by atoms with Crippen LogP contribution in [-0.4, -0.2) is 78.4 Å². The van der Waals surface area contributed by atoms with Crippen LogP contribution in [-0.2, 0) is 9.59 Å². The minimum absolute atomic E-state index is 0.0356. The first-order valence-electron chi connectivity index (χ1n) is 10.2. The molecule has 2 fully saturated rings. The number of aryl methyl sites for hydroxylation is 1. The molecule has 0 aromatic heterocycles. The lowest BCUT2D eigenvalue weighted by Gasteiger charge is -2.37. The molecule has 0 spiro atoms. The number of amides is 2. The van der Waals surface area contributed by atoms with Gasteiger partial charge in [-0.25, -0.2) is 0 Å². The van der Waals surface area contributed by atoms with Crippen molar-refractivity contribution in [3.05, 3.63) is 28.8 Å². The molecule has 1 aromatic carbocycles. The predicted octanol–water partition coefficient (Wildman–Crippen LogP) is 2.61. The molecule has 1 atom stereocenters. The van der Waals surface area contributed by atoms with Crippen molar-refractivity contribution in [2.24, 2.45) is 0 Å². The quantitative estimate of drug-likeness (QED) is 0.816. The maximum absolute atomic E-state index is 12.6. The predicted molar refractivity (Wildman–Crippen MR) is 113 cm³/mol. The number of nitrogens with one attached hydrogen (secondary N) is 1. The average molecular weight is 407 g/mol. The molecule has 28 heavy (non-hydrogen) atoms. The first kappa shape index (κ1) is 21.1. The number of rotatable bonds is 5. The molecule has 2 amide bonds. The van der Waals surface area contributed by atoms with E-state index in [0.29, 0.717) is 24.2 Å². The van der Waals surface area contributed by atoms with Crippen molar-refractivity contribution in [1.29, 1.82) is 0 Å². The molecule has 0 aliphatic carbocycles. The van der Waals surface area contributed by atoms with Gasteiger partial charge in [0.05, 0.1) is 13.1 Å². The fourth-order valence-electron chi connectivity index (χ4n) is 3.93. The fraction of sp³-hybridized carbons (Fsp3) is 0.619. The Kier molecular flexibility index (Phi) is 7.32. The van der Waals surface area contributed by atoms with Crippen LogP contribution < -0.4 is 5.32 Å². The number of benzene rings is 1. The van der Waals surface area contributed by atoms with Crippen LogP contribution in [0.5, 0.6) is 0 Å². The topological polar surface area (TPSA) is 55.9 Å². The van der Waals surface area contributed by atoms with E-state index >= 15 is 0 Å². The van der Waals surface area contributed by atoms with Crippen LogP contribution in [0.25, 0.3) is 0 Å². The largest absolute Gasteiger partial charge is 0.339 e. The van der Waals surface area contributed by atoms with Gasteiger partial charge < -0.3 is 10.2 Å². The SMILES string of the molecule is Cc1ccc(NC(=O)CN2CCN(CC(=O)N3CCCC[C@H]3C)CC2)cc1Cl. The van der Waals surface area contributed by atoms with Crippen molar-refractivity contribution in [3.8, 4) is 0 Å². The van der Waals surface area contributed by atoms with Gasteiger partial charge in [-0.3, -0.25) is 19.4 Å². The average Bonchev–Trinajstić information content (AvgIpc) is 2.66. The molecule has 0 unspecified atom stereocenters. The third-order valence-electron chi connectivity index (χ3n) is 5.77. The molecule has 1 N–H and O–H groups in total. The summed E-state index contributed by atoms with van der Waals surface area (Å²) in [6.07, 6.45) is 3.45. The number of hydrogen-bond donors (Lipinski definition) is 1. The summed E-state index contributed by atoms with van der Waals surface area (Å²) < 4.78 is 0. The molecule has 0 bridgehead atoms. The van der Waals surface area contributed by atoms with Crippen LogP contribution in [0.1, 0.15) is 31.7 Å². The van der Waals surface area contributed by atoms with Crippen molar-refractivity contribution in [3.63, 3.8) is 0 Å². The minimum Gasteiger partial charge on any atom is -0.339 e. The Morgan fingerprint density at radius 1 is 1.07 bits per heavy atom. The Bertz CT molecular complexity index is 704. The van der Waals surface area contributed by atoms with Crippen molar-refractivity contribution in [2.45, 2.75) is 39.2 Å². The first-order chi connectivity index (χ1) is 13.4. The van der Waals surface area contributed by atoms with Gasteiger partial charge in [0.15, 0.2) is 0 Å². The summed E-state index contributed by atoms with van der Waals surface area (Å²) in [7, 11) is 0. The van der Waals surface area contributed by atoms with Crippen molar-refractivity contribution in [1.82, 2.24) is 14.7 Å². The molecule has 0 radical (unpaired) electrons. The van der Waals surface area contributed by atoms with E-state index < -0.39 is 0 Å². The molecular formula is C21H31ClN4O2. The van der Waals surface area contributed by atoms with Crippen LogP contribution >= 0.6 is 11.6 Å². The van der Waals surface area contributed by atoms with Gasteiger partial charge in [0.1, 0.15) is 0 Å². The monoisotopic (exact) mass is 406 g/mol. The molecule has 6 nitrogen and oxygen atoms in total. The van der Waals surface area contributed by atoms with E-state index in [9.17, 15) is 9.59 Å². The Balaban J connectivity index is 1.40. The summed E-state index contributed by atoms with van der Waals surface area (Å²) in [6, 6.07) is 5.91. The summed E-state index contributed by atoms with van der Waals surface area (Å²) in [6.45, 7) is 9.05. The van der Waals surface area contributed by atoms with Gasteiger partial charge >= 0.3 is 0 Å². The lowest BCUT2D eigenvalue weighted by atomic mass is 10.0. The fourth-order valence-corrected chi connectivity index (χ4v) is 4.11. The Morgan fingerprint density at radius 3 is 2.39 bits per heavy atom. The number of carbonyl (C=O) groups excluding carboxylic acids is 2. The maximum atomic E-state index is 12.6. The maximum Gasteiger partial charge on any atom is 0.238 e. The van der Waals surface area contributed by atoms with Gasteiger partial charge in [0, 0.05) is 49.5 Å². The van der Waals surface area contributed by atoms with Crippen molar-refractivity contribution >= 4 is 29.1 Å². The van der Waals surface area contributed by atoms with Crippen LogP contribution in [0, 0.1) is 6.92 Å². The zero-order chi connectivity index (χ0) is 20.1. The molecule has 2 aliphatic heterocycles. The Hall–Kier alpha value is -1.63. The van der Waals surface area contributed by atoms with E-state index in [0.717, 1.165) is 56.8 Å². The van der Waals surface area contributed by atoms with Crippen LogP contribution in [0.4, 0.5) is 5.69 Å². The molecule has 0 saturated carbocycles. The summed E-state index contributed by atoms with van der Waals surface area (Å²) >= 11 is 6.11. The van der Waals surface area contributed by atoms with Gasteiger partial charge in [0.2, 0.25) is 11.8 Å². The number of piperazine rings is 1. The zero-order valence-electron chi connectivity index (χ0n) is 16.9. The third kappa shape index (κ3) is 5.69. The van der Waals surface area contributed by atoms with E-state index in [1.807, 2.05) is 24.0 Å². The van der Waals surface area contributed by atoms with Crippen LogP contribution in [0.2, 0.25) is 5.02 Å². The van der Waals surface area contributed by atoms with Gasteiger partial charge in [0.25, 0.3) is 0 Å². The second-order valence-corrected chi connectivity index (χ2v) is 8.40. The highest BCUT2D eigenvalue weighted by atomic mass is 35.5.